The van der Waals surface area contributed by atoms with Crippen LogP contribution < -0.4 is 4.90 Å². The van der Waals surface area contributed by atoms with Gasteiger partial charge in [0.25, 0.3) is 0 Å². The maximum absolute atomic E-state index is 13.1. The highest BCUT2D eigenvalue weighted by molar-refractivity contribution is 7.99. The van der Waals surface area contributed by atoms with Gasteiger partial charge in [-0.15, -0.1) is 11.8 Å². The molecule has 31 heavy (non-hydrogen) atoms. The fourth-order valence-electron chi connectivity index (χ4n) is 4.16. The van der Waals surface area contributed by atoms with Crippen LogP contribution in [0.3, 0.4) is 0 Å². The lowest BCUT2D eigenvalue weighted by molar-refractivity contribution is -0.133. The first kappa shape index (κ1) is 21.8. The Labute approximate surface area is 187 Å². The first-order chi connectivity index (χ1) is 15.1. The number of para-hydroxylation sites is 1. The van der Waals surface area contributed by atoms with Gasteiger partial charge in [0.15, 0.2) is 0 Å². The minimum absolute atomic E-state index is 0.0221. The predicted molar refractivity (Wildman–Crippen MR) is 122 cm³/mol. The molecule has 1 saturated heterocycles. The van der Waals surface area contributed by atoms with Crippen LogP contribution in [0.15, 0.2) is 53.4 Å². The fraction of sp³-hybridized carbons (Fsp3) is 0.417. The van der Waals surface area contributed by atoms with Gasteiger partial charge in [0.1, 0.15) is 5.82 Å². The number of carbonyl (C=O) groups is 2. The van der Waals surface area contributed by atoms with E-state index in [4.69, 9.17) is 0 Å². The third-order valence-electron chi connectivity index (χ3n) is 5.84. The molecular formula is C24H28FN3O2S. The van der Waals surface area contributed by atoms with Crippen molar-refractivity contribution in [1.29, 1.82) is 0 Å². The van der Waals surface area contributed by atoms with Crippen LogP contribution in [-0.2, 0) is 16.1 Å². The van der Waals surface area contributed by atoms with E-state index in [0.29, 0.717) is 13.1 Å². The van der Waals surface area contributed by atoms with Gasteiger partial charge in [0, 0.05) is 62.8 Å². The van der Waals surface area contributed by atoms with E-state index in [9.17, 15) is 14.0 Å². The van der Waals surface area contributed by atoms with Gasteiger partial charge in [-0.1, -0.05) is 24.3 Å². The van der Waals surface area contributed by atoms with Crippen LogP contribution in [0, 0.1) is 5.82 Å². The fourth-order valence-corrected chi connectivity index (χ4v) is 5.16. The van der Waals surface area contributed by atoms with Gasteiger partial charge in [0.2, 0.25) is 11.8 Å². The molecule has 0 bridgehead atoms. The standard InChI is InChI=1S/C24H28FN3O2S/c25-20-8-6-19(7-9-20)18-26-12-3-13-27(15-14-26)23(29)10-11-24(30)28-16-17-31-22-5-2-1-4-21(22)28/h1-2,4-9H,3,10-18H2. The van der Waals surface area contributed by atoms with E-state index in [0.717, 1.165) is 54.5 Å². The van der Waals surface area contributed by atoms with Gasteiger partial charge in [-0.05, 0) is 36.2 Å². The van der Waals surface area contributed by atoms with Crippen molar-refractivity contribution in [3.8, 4) is 0 Å². The Morgan fingerprint density at radius 1 is 0.871 bits per heavy atom. The lowest BCUT2D eigenvalue weighted by Gasteiger charge is -2.29. The summed E-state index contributed by atoms with van der Waals surface area (Å²) in [7, 11) is 0. The second kappa shape index (κ2) is 10.3. The molecule has 2 aromatic carbocycles. The van der Waals surface area contributed by atoms with Crippen molar-refractivity contribution in [2.75, 3.05) is 43.4 Å². The molecule has 0 aromatic heterocycles. The number of carbonyl (C=O) groups excluding carboxylic acids is 2. The van der Waals surface area contributed by atoms with E-state index < -0.39 is 0 Å². The molecular weight excluding hydrogens is 413 g/mol. The van der Waals surface area contributed by atoms with E-state index in [2.05, 4.69) is 4.90 Å². The molecule has 0 radical (unpaired) electrons. The third-order valence-corrected chi connectivity index (χ3v) is 6.89. The van der Waals surface area contributed by atoms with E-state index in [1.165, 1.54) is 12.1 Å². The summed E-state index contributed by atoms with van der Waals surface area (Å²) in [5.41, 5.74) is 2.04. The molecule has 1 fully saturated rings. The van der Waals surface area contributed by atoms with Gasteiger partial charge >= 0.3 is 0 Å². The molecule has 0 unspecified atom stereocenters. The van der Waals surface area contributed by atoms with Crippen molar-refractivity contribution in [3.05, 3.63) is 59.9 Å². The van der Waals surface area contributed by atoms with Gasteiger partial charge in [-0.3, -0.25) is 14.5 Å². The highest BCUT2D eigenvalue weighted by Gasteiger charge is 2.25. The molecule has 0 aliphatic carbocycles. The SMILES string of the molecule is O=C(CCC(=O)N1CCSc2ccccc21)N1CCCN(Cc2ccc(F)cc2)CC1. The molecule has 5 nitrogen and oxygen atoms in total. The van der Waals surface area contributed by atoms with Crippen LogP contribution >= 0.6 is 11.8 Å². The van der Waals surface area contributed by atoms with Crippen molar-refractivity contribution >= 4 is 29.3 Å². The average Bonchev–Trinajstić information content (AvgIpc) is 3.04. The lowest BCUT2D eigenvalue weighted by Crippen LogP contribution is -2.38. The Hall–Kier alpha value is -2.38. The van der Waals surface area contributed by atoms with Crippen LogP contribution in [0.5, 0.6) is 0 Å². The zero-order valence-electron chi connectivity index (χ0n) is 17.6. The van der Waals surface area contributed by atoms with Crippen LogP contribution in [0.2, 0.25) is 0 Å². The number of hydrogen-bond acceptors (Lipinski definition) is 4. The zero-order chi connectivity index (χ0) is 21.6. The number of rotatable bonds is 5. The average molecular weight is 442 g/mol. The molecule has 2 aliphatic heterocycles. The first-order valence-electron chi connectivity index (χ1n) is 10.9. The number of hydrogen-bond donors (Lipinski definition) is 0. The quantitative estimate of drug-likeness (QED) is 0.708. The van der Waals surface area contributed by atoms with Crippen molar-refractivity contribution in [2.24, 2.45) is 0 Å². The molecule has 0 atom stereocenters. The molecule has 2 aliphatic rings. The smallest absolute Gasteiger partial charge is 0.227 e. The largest absolute Gasteiger partial charge is 0.341 e. The van der Waals surface area contributed by atoms with E-state index in [1.807, 2.05) is 46.2 Å². The molecule has 2 amide bonds. The lowest BCUT2D eigenvalue weighted by atomic mass is 10.2. The Morgan fingerprint density at radius 2 is 1.65 bits per heavy atom. The Kier molecular flexibility index (Phi) is 7.25. The topological polar surface area (TPSA) is 43.9 Å². The van der Waals surface area contributed by atoms with Crippen LogP contribution in [0.1, 0.15) is 24.8 Å². The maximum atomic E-state index is 13.1. The van der Waals surface area contributed by atoms with Crippen molar-refractivity contribution in [1.82, 2.24) is 9.80 Å². The number of benzene rings is 2. The van der Waals surface area contributed by atoms with Gasteiger partial charge in [-0.25, -0.2) is 4.39 Å². The second-order valence-electron chi connectivity index (χ2n) is 8.00. The molecule has 4 rings (SSSR count). The summed E-state index contributed by atoms with van der Waals surface area (Å²) < 4.78 is 13.1. The predicted octanol–water partition coefficient (Wildman–Crippen LogP) is 3.78. The van der Waals surface area contributed by atoms with E-state index >= 15 is 0 Å². The van der Waals surface area contributed by atoms with Crippen LogP contribution in [0.4, 0.5) is 10.1 Å². The minimum Gasteiger partial charge on any atom is -0.341 e. The maximum Gasteiger partial charge on any atom is 0.227 e. The number of halogens is 1. The summed E-state index contributed by atoms with van der Waals surface area (Å²) in [4.78, 5) is 32.7. The second-order valence-corrected chi connectivity index (χ2v) is 9.14. The van der Waals surface area contributed by atoms with Gasteiger partial charge in [0.05, 0.1) is 5.69 Å². The summed E-state index contributed by atoms with van der Waals surface area (Å²) in [5.74, 6) is 0.732. The van der Waals surface area contributed by atoms with Gasteiger partial charge < -0.3 is 9.80 Å². The Bertz CT molecular complexity index is 921. The first-order valence-corrected chi connectivity index (χ1v) is 11.9. The molecule has 7 heteroatoms. The summed E-state index contributed by atoms with van der Waals surface area (Å²) in [6.45, 7) is 4.52. The number of anilines is 1. The highest BCUT2D eigenvalue weighted by atomic mass is 32.2. The summed E-state index contributed by atoms with van der Waals surface area (Å²) in [5, 5.41) is 0. The van der Waals surface area contributed by atoms with E-state index in [-0.39, 0.29) is 30.5 Å². The Morgan fingerprint density at radius 3 is 2.48 bits per heavy atom. The van der Waals surface area contributed by atoms with Crippen LogP contribution in [-0.4, -0.2) is 60.1 Å². The zero-order valence-corrected chi connectivity index (χ0v) is 18.5. The third kappa shape index (κ3) is 5.66. The summed E-state index contributed by atoms with van der Waals surface area (Å²) in [6, 6.07) is 14.6. The number of amides is 2. The minimum atomic E-state index is -0.224. The molecule has 0 N–H and O–H groups in total. The Balaban J connectivity index is 1.26. The molecule has 2 heterocycles. The normalized spacial score (nSPS) is 17.2. The van der Waals surface area contributed by atoms with E-state index in [1.54, 1.807) is 11.8 Å². The van der Waals surface area contributed by atoms with Crippen molar-refractivity contribution in [2.45, 2.75) is 30.7 Å². The van der Waals surface area contributed by atoms with Gasteiger partial charge in [-0.2, -0.15) is 0 Å². The van der Waals surface area contributed by atoms with Crippen LogP contribution in [0.25, 0.3) is 0 Å². The number of nitrogens with zero attached hydrogens (tertiary/aromatic N) is 3. The number of fused-ring (bicyclic) bond motifs is 1. The molecule has 0 saturated carbocycles. The highest BCUT2D eigenvalue weighted by Crippen LogP contribution is 2.34. The molecule has 2 aromatic rings. The van der Waals surface area contributed by atoms with Crippen molar-refractivity contribution < 1.29 is 14.0 Å². The summed E-state index contributed by atoms with van der Waals surface area (Å²) in [6.07, 6.45) is 1.40. The molecule has 164 valence electrons. The monoisotopic (exact) mass is 441 g/mol. The number of thioether (sulfide) groups is 1. The molecule has 0 spiro atoms. The van der Waals surface area contributed by atoms with Crippen molar-refractivity contribution in [3.63, 3.8) is 0 Å². The summed E-state index contributed by atoms with van der Waals surface area (Å²) >= 11 is 1.77.